The molecule has 1 aromatic carbocycles. The van der Waals surface area contributed by atoms with Gasteiger partial charge in [0.15, 0.2) is 0 Å². The Morgan fingerprint density at radius 3 is 1.92 bits per heavy atom. The molecule has 6 amide bonds. The van der Waals surface area contributed by atoms with E-state index in [0.717, 1.165) is 4.90 Å². The molecule has 0 aromatic heterocycles. The molecule has 1 fully saturated rings. The van der Waals surface area contributed by atoms with Gasteiger partial charge in [0, 0.05) is 13.0 Å². The van der Waals surface area contributed by atoms with Crippen LogP contribution in [0.3, 0.4) is 0 Å². The SMILES string of the molecule is CC(C)C[C@H](NC(=O)[C@H](CO)NC(=O)[C@@H](N)CO)C(=O)N[C@@H](Cc1ccc(O)cc1)C(=O)N[C@@H](CC(N)=O)C(=O)N1CCC[C@H]1C(=O)O. The van der Waals surface area contributed by atoms with Gasteiger partial charge in [-0.3, -0.25) is 28.8 Å². The minimum absolute atomic E-state index is 0.0433. The summed E-state index contributed by atoms with van der Waals surface area (Å²) in [4.78, 5) is 90.4. The highest BCUT2D eigenvalue weighted by Gasteiger charge is 2.39. The quantitative estimate of drug-likeness (QED) is 0.0714. The van der Waals surface area contributed by atoms with E-state index in [1.54, 1.807) is 13.8 Å². The van der Waals surface area contributed by atoms with Gasteiger partial charge in [-0.05, 0) is 42.9 Å². The number of phenolic OH excluding ortho intramolecular Hbond substituents is 1. The topological polar surface area (TPSA) is 304 Å². The van der Waals surface area contributed by atoms with E-state index in [2.05, 4.69) is 21.3 Å². The number of benzene rings is 1. The molecule has 18 heteroatoms. The summed E-state index contributed by atoms with van der Waals surface area (Å²) in [6.45, 7) is 1.99. The average Bonchev–Trinajstić information content (AvgIpc) is 3.52. The second-order valence-corrected chi connectivity index (χ2v) is 11.9. The monoisotopic (exact) mass is 679 g/mol. The molecule has 1 saturated heterocycles. The Bertz CT molecular complexity index is 1320. The Balaban J connectivity index is 2.36. The summed E-state index contributed by atoms with van der Waals surface area (Å²) in [5, 5.41) is 47.6. The number of carbonyl (C=O) groups excluding carboxylic acids is 6. The summed E-state index contributed by atoms with van der Waals surface area (Å²) in [5.74, 6) is -6.97. The van der Waals surface area contributed by atoms with Crippen molar-refractivity contribution >= 4 is 41.4 Å². The van der Waals surface area contributed by atoms with E-state index in [1.807, 2.05) is 0 Å². The van der Waals surface area contributed by atoms with Crippen LogP contribution in [0.15, 0.2) is 24.3 Å². The number of amides is 6. The summed E-state index contributed by atoms with van der Waals surface area (Å²) in [7, 11) is 0. The number of primary amides is 1. The van der Waals surface area contributed by atoms with Crippen LogP contribution in [0.4, 0.5) is 0 Å². The average molecular weight is 680 g/mol. The fourth-order valence-electron chi connectivity index (χ4n) is 5.04. The molecule has 0 unspecified atom stereocenters. The maximum absolute atomic E-state index is 13.7. The number of phenols is 1. The number of hydrogen-bond donors (Lipinski definition) is 10. The van der Waals surface area contributed by atoms with Crippen LogP contribution in [0.1, 0.15) is 45.1 Å². The zero-order valence-electron chi connectivity index (χ0n) is 26.8. The number of aliphatic hydroxyl groups is 2. The number of carboxylic acid groups (broad SMARTS) is 1. The lowest BCUT2D eigenvalue weighted by Crippen LogP contribution is -2.60. The van der Waals surface area contributed by atoms with Crippen LogP contribution in [0.5, 0.6) is 5.75 Å². The zero-order chi connectivity index (χ0) is 36.1. The van der Waals surface area contributed by atoms with Gasteiger partial charge >= 0.3 is 5.97 Å². The van der Waals surface area contributed by atoms with Crippen molar-refractivity contribution in [3.05, 3.63) is 29.8 Å². The van der Waals surface area contributed by atoms with Crippen molar-refractivity contribution in [3.8, 4) is 5.75 Å². The van der Waals surface area contributed by atoms with E-state index in [9.17, 15) is 48.9 Å². The first-order chi connectivity index (χ1) is 22.6. The molecular weight excluding hydrogens is 634 g/mol. The van der Waals surface area contributed by atoms with Crippen LogP contribution in [-0.4, -0.2) is 123 Å². The lowest BCUT2D eigenvalue weighted by atomic mass is 10.00. The Hall–Kier alpha value is -4.81. The van der Waals surface area contributed by atoms with Crippen LogP contribution < -0.4 is 32.7 Å². The van der Waals surface area contributed by atoms with Gasteiger partial charge in [0.1, 0.15) is 42.0 Å². The summed E-state index contributed by atoms with van der Waals surface area (Å²) in [5.41, 5.74) is 11.3. The number of aliphatic hydroxyl groups excluding tert-OH is 2. The van der Waals surface area contributed by atoms with E-state index >= 15 is 0 Å². The molecule has 48 heavy (non-hydrogen) atoms. The normalized spacial score (nSPS) is 17.4. The molecule has 6 atom stereocenters. The Kier molecular flexibility index (Phi) is 15.2. The van der Waals surface area contributed by atoms with Crippen LogP contribution in [0, 0.1) is 5.92 Å². The largest absolute Gasteiger partial charge is 0.508 e. The van der Waals surface area contributed by atoms with Crippen LogP contribution in [0.2, 0.25) is 0 Å². The van der Waals surface area contributed by atoms with Crippen molar-refractivity contribution in [2.45, 2.75) is 82.2 Å². The summed E-state index contributed by atoms with van der Waals surface area (Å²) in [6, 6.07) is -2.69. The third-order valence-electron chi connectivity index (χ3n) is 7.54. The molecule has 0 aliphatic carbocycles. The van der Waals surface area contributed by atoms with Crippen molar-refractivity contribution in [1.82, 2.24) is 26.2 Å². The number of nitrogens with two attached hydrogens (primary N) is 2. The van der Waals surface area contributed by atoms with Crippen molar-refractivity contribution in [1.29, 1.82) is 0 Å². The van der Waals surface area contributed by atoms with Gasteiger partial charge in [-0.1, -0.05) is 26.0 Å². The van der Waals surface area contributed by atoms with Gasteiger partial charge in [-0.2, -0.15) is 0 Å². The molecule has 1 aromatic rings. The summed E-state index contributed by atoms with van der Waals surface area (Å²) < 4.78 is 0. The van der Waals surface area contributed by atoms with Crippen LogP contribution >= 0.6 is 0 Å². The third kappa shape index (κ3) is 11.8. The van der Waals surface area contributed by atoms with Gasteiger partial charge in [0.05, 0.1) is 19.6 Å². The van der Waals surface area contributed by atoms with Crippen molar-refractivity contribution < 1.29 is 54.0 Å². The van der Waals surface area contributed by atoms with Crippen molar-refractivity contribution in [2.75, 3.05) is 19.8 Å². The number of aliphatic carboxylic acids is 1. The molecule has 1 aliphatic heterocycles. The van der Waals surface area contributed by atoms with E-state index in [-0.39, 0.29) is 37.5 Å². The molecule has 18 nitrogen and oxygen atoms in total. The van der Waals surface area contributed by atoms with Crippen molar-refractivity contribution in [3.63, 3.8) is 0 Å². The fourth-order valence-corrected chi connectivity index (χ4v) is 5.04. The summed E-state index contributed by atoms with van der Waals surface area (Å²) >= 11 is 0. The maximum atomic E-state index is 13.7. The van der Waals surface area contributed by atoms with E-state index in [1.165, 1.54) is 24.3 Å². The van der Waals surface area contributed by atoms with Crippen LogP contribution in [0.25, 0.3) is 0 Å². The number of nitrogens with zero attached hydrogens (tertiary/aromatic N) is 1. The molecule has 2 rings (SSSR count). The van der Waals surface area contributed by atoms with Gasteiger partial charge in [-0.25, -0.2) is 4.79 Å². The Labute approximate surface area is 276 Å². The molecule has 12 N–H and O–H groups in total. The molecule has 0 bridgehead atoms. The number of nitrogens with one attached hydrogen (secondary N) is 4. The number of hydrogen-bond acceptors (Lipinski definition) is 11. The molecule has 1 aliphatic rings. The predicted molar refractivity (Wildman–Crippen MR) is 167 cm³/mol. The predicted octanol–water partition coefficient (Wildman–Crippen LogP) is -3.82. The minimum Gasteiger partial charge on any atom is -0.508 e. The lowest BCUT2D eigenvalue weighted by Gasteiger charge is -2.29. The number of aromatic hydroxyl groups is 1. The zero-order valence-corrected chi connectivity index (χ0v) is 26.8. The molecule has 1 heterocycles. The highest BCUT2D eigenvalue weighted by atomic mass is 16.4. The third-order valence-corrected chi connectivity index (χ3v) is 7.54. The molecule has 0 saturated carbocycles. The first kappa shape index (κ1) is 39.4. The smallest absolute Gasteiger partial charge is 0.326 e. The number of carboxylic acids is 1. The molecule has 0 spiro atoms. The van der Waals surface area contributed by atoms with Crippen molar-refractivity contribution in [2.24, 2.45) is 17.4 Å². The lowest BCUT2D eigenvalue weighted by molar-refractivity contribution is -0.149. The number of rotatable bonds is 18. The first-order valence-corrected chi connectivity index (χ1v) is 15.4. The Morgan fingerprint density at radius 1 is 0.833 bits per heavy atom. The van der Waals surface area contributed by atoms with Gasteiger partial charge < -0.3 is 58.1 Å². The summed E-state index contributed by atoms with van der Waals surface area (Å²) in [6.07, 6.45) is -0.240. The van der Waals surface area contributed by atoms with Crippen LogP contribution in [-0.2, 0) is 40.0 Å². The molecular formula is C30H45N7O11. The molecule has 266 valence electrons. The van der Waals surface area contributed by atoms with Gasteiger partial charge in [-0.15, -0.1) is 0 Å². The van der Waals surface area contributed by atoms with E-state index in [0.29, 0.717) is 12.0 Å². The maximum Gasteiger partial charge on any atom is 0.326 e. The van der Waals surface area contributed by atoms with E-state index < -0.39 is 97.3 Å². The second kappa shape index (κ2) is 18.5. The van der Waals surface area contributed by atoms with E-state index in [4.69, 9.17) is 16.6 Å². The highest BCUT2D eigenvalue weighted by molar-refractivity contribution is 5.97. The highest BCUT2D eigenvalue weighted by Crippen LogP contribution is 2.20. The number of carbonyl (C=O) groups is 7. The molecule has 0 radical (unpaired) electrons. The number of likely N-dealkylation sites (tertiary alicyclic amines) is 1. The minimum atomic E-state index is -1.56. The fraction of sp³-hybridized carbons (Fsp3) is 0.567. The standard InChI is InChI=1S/C30H45N7O11/c1-15(2)10-19(33-28(45)22(14-39)36-25(42)18(31)13-38)26(43)34-20(11-16-5-7-17(40)8-6-16)27(44)35-21(12-24(32)41)29(46)37-9-3-4-23(37)30(47)48/h5-8,15,18-23,38-40H,3-4,9-14,31H2,1-2H3,(H2,32,41)(H,33,45)(H,34,43)(H,35,44)(H,36,42)(H,47,48)/t18-,19-,20-,21-,22-,23-/m0/s1. The van der Waals surface area contributed by atoms with Gasteiger partial charge in [0.25, 0.3) is 0 Å². The Morgan fingerprint density at radius 2 is 1.38 bits per heavy atom. The second-order valence-electron chi connectivity index (χ2n) is 11.9. The first-order valence-electron chi connectivity index (χ1n) is 15.4. The van der Waals surface area contributed by atoms with Gasteiger partial charge in [0.2, 0.25) is 35.4 Å².